The van der Waals surface area contributed by atoms with Gasteiger partial charge in [0.25, 0.3) is 5.88 Å². The van der Waals surface area contributed by atoms with Crippen molar-refractivity contribution in [1.29, 1.82) is 0 Å². The lowest BCUT2D eigenvalue weighted by atomic mass is 9.98. The summed E-state index contributed by atoms with van der Waals surface area (Å²) in [7, 11) is 0. The molecule has 8 heteroatoms. The Morgan fingerprint density at radius 1 is 1.26 bits per heavy atom. The SMILES string of the molecule is O=C(O)N1CCC(COc2noc3cccc(O[C@H]4CCC[C@H]4O)c23)CC1. The van der Waals surface area contributed by atoms with Crippen LogP contribution in [-0.2, 0) is 0 Å². The summed E-state index contributed by atoms with van der Waals surface area (Å²) < 4.78 is 17.3. The molecule has 2 N–H and O–H groups in total. The van der Waals surface area contributed by atoms with Crippen LogP contribution in [0.5, 0.6) is 11.6 Å². The van der Waals surface area contributed by atoms with Gasteiger partial charge in [0.2, 0.25) is 0 Å². The molecule has 4 rings (SSSR count). The van der Waals surface area contributed by atoms with Crippen molar-refractivity contribution in [3.63, 3.8) is 0 Å². The second kappa shape index (κ2) is 7.64. The second-order valence-electron chi connectivity index (χ2n) is 7.30. The Hall–Kier alpha value is -2.48. The van der Waals surface area contributed by atoms with Gasteiger partial charge in [-0.05, 0) is 55.3 Å². The van der Waals surface area contributed by atoms with Gasteiger partial charge in [-0.2, -0.15) is 0 Å². The molecule has 1 aliphatic heterocycles. The minimum atomic E-state index is -0.868. The van der Waals surface area contributed by atoms with E-state index in [0.29, 0.717) is 42.3 Å². The Morgan fingerprint density at radius 3 is 2.78 bits per heavy atom. The number of nitrogens with zero attached hydrogens (tertiary/aromatic N) is 2. The lowest BCUT2D eigenvalue weighted by Gasteiger charge is -2.29. The maximum atomic E-state index is 11.0. The van der Waals surface area contributed by atoms with Crippen LogP contribution in [0.2, 0.25) is 0 Å². The molecule has 0 unspecified atom stereocenters. The number of aliphatic hydroxyl groups is 1. The van der Waals surface area contributed by atoms with Crippen molar-refractivity contribution in [2.75, 3.05) is 19.7 Å². The number of rotatable bonds is 5. The van der Waals surface area contributed by atoms with E-state index in [1.807, 2.05) is 12.1 Å². The molecule has 1 saturated carbocycles. The van der Waals surface area contributed by atoms with Gasteiger partial charge in [0.15, 0.2) is 5.58 Å². The van der Waals surface area contributed by atoms with Gasteiger partial charge in [-0.3, -0.25) is 0 Å². The van der Waals surface area contributed by atoms with Crippen molar-refractivity contribution in [3.05, 3.63) is 18.2 Å². The lowest BCUT2D eigenvalue weighted by molar-refractivity contribution is 0.0612. The normalized spacial score (nSPS) is 23.7. The van der Waals surface area contributed by atoms with E-state index in [4.69, 9.17) is 19.1 Å². The number of likely N-dealkylation sites (tertiary alicyclic amines) is 1. The zero-order chi connectivity index (χ0) is 18.8. The summed E-state index contributed by atoms with van der Waals surface area (Å²) >= 11 is 0. The number of amides is 1. The summed E-state index contributed by atoms with van der Waals surface area (Å²) in [6, 6.07) is 5.47. The number of piperidine rings is 1. The monoisotopic (exact) mass is 376 g/mol. The van der Waals surface area contributed by atoms with Crippen molar-refractivity contribution in [2.24, 2.45) is 5.92 Å². The molecule has 1 aromatic carbocycles. The molecule has 8 nitrogen and oxygen atoms in total. The fourth-order valence-corrected chi connectivity index (χ4v) is 3.83. The van der Waals surface area contributed by atoms with E-state index in [9.17, 15) is 9.90 Å². The van der Waals surface area contributed by atoms with Crippen molar-refractivity contribution >= 4 is 17.1 Å². The topological polar surface area (TPSA) is 105 Å². The number of benzene rings is 1. The third-order valence-corrected chi connectivity index (χ3v) is 5.47. The lowest BCUT2D eigenvalue weighted by Crippen LogP contribution is -2.38. The largest absolute Gasteiger partial charge is 0.487 e. The number of fused-ring (bicyclic) bond motifs is 1. The van der Waals surface area contributed by atoms with Gasteiger partial charge in [0.1, 0.15) is 17.2 Å². The average Bonchev–Trinajstić information content (AvgIpc) is 3.27. The van der Waals surface area contributed by atoms with E-state index in [1.165, 1.54) is 4.90 Å². The quantitative estimate of drug-likeness (QED) is 0.826. The number of carbonyl (C=O) groups is 1. The summed E-state index contributed by atoms with van der Waals surface area (Å²) in [4.78, 5) is 12.4. The van der Waals surface area contributed by atoms with Crippen LogP contribution in [0.4, 0.5) is 4.79 Å². The van der Waals surface area contributed by atoms with Gasteiger partial charge in [-0.25, -0.2) is 4.79 Å². The number of carboxylic acid groups (broad SMARTS) is 1. The average molecular weight is 376 g/mol. The number of ether oxygens (including phenoxy) is 2. The van der Waals surface area contributed by atoms with Crippen LogP contribution in [-0.4, -0.2) is 58.3 Å². The maximum Gasteiger partial charge on any atom is 0.407 e. The summed E-state index contributed by atoms with van der Waals surface area (Å²) in [5.74, 6) is 1.27. The first-order chi connectivity index (χ1) is 13.1. The Kier molecular flexibility index (Phi) is 5.07. The Labute approximate surface area is 156 Å². The van der Waals surface area contributed by atoms with E-state index in [2.05, 4.69) is 5.16 Å². The first kappa shape index (κ1) is 17.9. The molecule has 27 heavy (non-hydrogen) atoms. The van der Waals surface area contributed by atoms with E-state index >= 15 is 0 Å². The van der Waals surface area contributed by atoms with E-state index in [-0.39, 0.29) is 12.0 Å². The molecule has 2 fully saturated rings. The standard InChI is InChI=1S/C19H24N2O6/c22-13-3-1-4-14(13)26-15-5-2-6-16-17(15)18(20-27-16)25-11-12-7-9-21(10-8-12)19(23)24/h2,5-6,12-14,22H,1,3-4,7-11H2,(H,23,24)/t13-,14+/m1/s1. The van der Waals surface area contributed by atoms with Crippen LogP contribution >= 0.6 is 0 Å². The second-order valence-corrected chi connectivity index (χ2v) is 7.30. The third kappa shape index (κ3) is 3.80. The van der Waals surface area contributed by atoms with Gasteiger partial charge in [-0.15, -0.1) is 0 Å². The molecule has 0 radical (unpaired) electrons. The van der Waals surface area contributed by atoms with Crippen molar-refractivity contribution in [2.45, 2.75) is 44.3 Å². The summed E-state index contributed by atoms with van der Waals surface area (Å²) in [5.41, 5.74) is 0.579. The maximum absolute atomic E-state index is 11.0. The molecule has 2 aromatic rings. The van der Waals surface area contributed by atoms with E-state index in [1.54, 1.807) is 6.07 Å². The van der Waals surface area contributed by atoms with Crippen molar-refractivity contribution < 1.29 is 29.0 Å². The molecular weight excluding hydrogens is 352 g/mol. The minimum absolute atomic E-state index is 0.223. The zero-order valence-corrected chi connectivity index (χ0v) is 15.0. The number of aliphatic hydroxyl groups excluding tert-OH is 1. The van der Waals surface area contributed by atoms with Gasteiger partial charge in [0, 0.05) is 13.1 Å². The fraction of sp³-hybridized carbons (Fsp3) is 0.579. The molecule has 1 saturated heterocycles. The molecule has 1 aromatic heterocycles. The van der Waals surface area contributed by atoms with Gasteiger partial charge in [0.05, 0.1) is 12.7 Å². The summed E-state index contributed by atoms with van der Waals surface area (Å²) in [6.45, 7) is 1.50. The van der Waals surface area contributed by atoms with Gasteiger partial charge < -0.3 is 29.1 Å². The fourth-order valence-electron chi connectivity index (χ4n) is 3.83. The van der Waals surface area contributed by atoms with Crippen LogP contribution in [0, 0.1) is 5.92 Å². The van der Waals surface area contributed by atoms with E-state index < -0.39 is 12.2 Å². The Balaban J connectivity index is 1.44. The number of hydrogen-bond donors (Lipinski definition) is 2. The summed E-state index contributed by atoms with van der Waals surface area (Å²) in [6.07, 6.45) is 2.50. The van der Waals surface area contributed by atoms with Gasteiger partial charge >= 0.3 is 6.09 Å². The van der Waals surface area contributed by atoms with Crippen molar-refractivity contribution in [3.8, 4) is 11.6 Å². The third-order valence-electron chi connectivity index (χ3n) is 5.47. The molecule has 1 aliphatic carbocycles. The zero-order valence-electron chi connectivity index (χ0n) is 15.0. The molecule has 2 atom stereocenters. The number of aromatic nitrogens is 1. The van der Waals surface area contributed by atoms with Crippen LogP contribution in [0.25, 0.3) is 11.0 Å². The smallest absolute Gasteiger partial charge is 0.407 e. The van der Waals surface area contributed by atoms with Crippen LogP contribution in [0.15, 0.2) is 22.7 Å². The Morgan fingerprint density at radius 2 is 2.07 bits per heavy atom. The molecule has 146 valence electrons. The molecule has 2 aliphatic rings. The molecule has 2 heterocycles. The minimum Gasteiger partial charge on any atom is -0.487 e. The van der Waals surface area contributed by atoms with Crippen LogP contribution in [0.1, 0.15) is 32.1 Å². The van der Waals surface area contributed by atoms with Crippen LogP contribution < -0.4 is 9.47 Å². The highest BCUT2D eigenvalue weighted by Gasteiger charge is 2.29. The molecule has 0 bridgehead atoms. The highest BCUT2D eigenvalue weighted by atomic mass is 16.5. The molecule has 0 spiro atoms. The predicted molar refractivity (Wildman–Crippen MR) is 96.1 cm³/mol. The van der Waals surface area contributed by atoms with E-state index in [0.717, 1.165) is 32.1 Å². The molecular formula is C19H24N2O6. The first-order valence-electron chi connectivity index (χ1n) is 9.45. The van der Waals surface area contributed by atoms with Crippen LogP contribution in [0.3, 0.4) is 0 Å². The number of hydrogen-bond acceptors (Lipinski definition) is 6. The predicted octanol–water partition coefficient (Wildman–Crippen LogP) is 2.89. The highest BCUT2D eigenvalue weighted by molar-refractivity contribution is 5.88. The highest BCUT2D eigenvalue weighted by Crippen LogP contribution is 2.36. The van der Waals surface area contributed by atoms with Crippen molar-refractivity contribution in [1.82, 2.24) is 10.1 Å². The first-order valence-corrected chi connectivity index (χ1v) is 9.45. The molecule has 1 amide bonds. The Bertz CT molecular complexity index is 799. The summed E-state index contributed by atoms with van der Waals surface area (Å²) in [5, 5.41) is 23.8. The van der Waals surface area contributed by atoms with Gasteiger partial charge in [-0.1, -0.05) is 6.07 Å².